The molecule has 0 N–H and O–H groups in total. The highest BCUT2D eigenvalue weighted by atomic mass is 79.9. The van der Waals surface area contributed by atoms with E-state index in [2.05, 4.69) is 15.9 Å². The Morgan fingerprint density at radius 1 is 0.920 bits per heavy atom. The third-order valence-corrected chi connectivity index (χ3v) is 4.29. The predicted molar refractivity (Wildman–Crippen MR) is 102 cm³/mol. The molecule has 0 bridgehead atoms. The zero-order valence-corrected chi connectivity index (χ0v) is 15.5. The van der Waals surface area contributed by atoms with Crippen molar-refractivity contribution >= 4 is 33.5 Å². The van der Waals surface area contributed by atoms with E-state index in [1.165, 1.54) is 0 Å². The van der Waals surface area contributed by atoms with E-state index < -0.39 is 5.97 Å². The maximum atomic E-state index is 11.9. The van der Waals surface area contributed by atoms with Crippen molar-refractivity contribution in [3.8, 4) is 22.6 Å². The van der Waals surface area contributed by atoms with Crippen molar-refractivity contribution < 1.29 is 14.3 Å². The Kier molecular flexibility index (Phi) is 5.74. The fourth-order valence-corrected chi connectivity index (χ4v) is 3.03. The first-order valence-electron chi connectivity index (χ1n) is 7.56. The molecule has 0 aromatic heterocycles. The lowest BCUT2D eigenvalue weighted by Gasteiger charge is -2.09. The molecule has 0 atom stereocenters. The molecule has 0 heterocycles. The third kappa shape index (κ3) is 4.84. The van der Waals surface area contributed by atoms with Crippen LogP contribution in [-0.4, -0.2) is 12.6 Å². The molecule has 0 unspecified atom stereocenters. The molecule has 5 heteroatoms. The van der Waals surface area contributed by atoms with Gasteiger partial charge < -0.3 is 9.47 Å². The van der Waals surface area contributed by atoms with Gasteiger partial charge >= 0.3 is 5.97 Å². The lowest BCUT2D eigenvalue weighted by Crippen LogP contribution is -2.17. The fourth-order valence-electron chi connectivity index (χ4n) is 2.24. The monoisotopic (exact) mass is 416 g/mol. The van der Waals surface area contributed by atoms with Crippen LogP contribution in [0.25, 0.3) is 11.1 Å². The molecule has 3 aromatic rings. The Bertz CT molecular complexity index is 864. The third-order valence-electron chi connectivity index (χ3n) is 3.43. The number of carbonyl (C=O) groups excluding carboxylic acids is 1. The number of rotatable bonds is 5. The van der Waals surface area contributed by atoms with E-state index in [0.29, 0.717) is 21.0 Å². The van der Waals surface area contributed by atoms with E-state index in [1.807, 2.05) is 42.5 Å². The standard InChI is InChI=1S/C20H14BrClO3/c21-18-12-16(22)8-11-19(18)24-13-20(23)25-17-9-6-15(7-10-17)14-4-2-1-3-5-14/h1-12H,13H2. The second-order valence-electron chi connectivity index (χ2n) is 5.23. The molecule has 0 spiro atoms. The minimum absolute atomic E-state index is 0.194. The first-order valence-corrected chi connectivity index (χ1v) is 8.73. The summed E-state index contributed by atoms with van der Waals surface area (Å²) in [6, 6.07) is 22.4. The van der Waals surface area contributed by atoms with Crippen LogP contribution in [0.3, 0.4) is 0 Å². The summed E-state index contributed by atoms with van der Waals surface area (Å²) >= 11 is 9.20. The van der Waals surface area contributed by atoms with Gasteiger partial charge in [-0.2, -0.15) is 0 Å². The van der Waals surface area contributed by atoms with Gasteiger partial charge in [-0.1, -0.05) is 54.1 Å². The lowest BCUT2D eigenvalue weighted by atomic mass is 10.1. The smallest absolute Gasteiger partial charge is 0.349 e. The molecule has 3 aromatic carbocycles. The van der Waals surface area contributed by atoms with Gasteiger partial charge in [-0.15, -0.1) is 0 Å². The second kappa shape index (κ2) is 8.19. The van der Waals surface area contributed by atoms with Crippen molar-refractivity contribution in [2.75, 3.05) is 6.61 Å². The molecule has 0 aliphatic rings. The summed E-state index contributed by atoms with van der Waals surface area (Å²) in [5.74, 6) is 0.526. The Hall–Kier alpha value is -2.30. The van der Waals surface area contributed by atoms with Crippen molar-refractivity contribution in [2.45, 2.75) is 0 Å². The number of esters is 1. The second-order valence-corrected chi connectivity index (χ2v) is 6.52. The van der Waals surface area contributed by atoms with E-state index in [9.17, 15) is 4.79 Å². The van der Waals surface area contributed by atoms with Gasteiger partial charge in [0.1, 0.15) is 11.5 Å². The number of hydrogen-bond donors (Lipinski definition) is 0. The van der Waals surface area contributed by atoms with Gasteiger partial charge in [0, 0.05) is 5.02 Å². The Morgan fingerprint density at radius 2 is 1.60 bits per heavy atom. The summed E-state index contributed by atoms with van der Waals surface area (Å²) in [5.41, 5.74) is 2.16. The number of hydrogen-bond acceptors (Lipinski definition) is 3. The molecule has 0 saturated carbocycles. The maximum absolute atomic E-state index is 11.9. The van der Waals surface area contributed by atoms with E-state index in [1.54, 1.807) is 30.3 Å². The van der Waals surface area contributed by atoms with Crippen molar-refractivity contribution in [2.24, 2.45) is 0 Å². The van der Waals surface area contributed by atoms with Crippen LogP contribution in [0.5, 0.6) is 11.5 Å². The molecule has 0 amide bonds. The Morgan fingerprint density at radius 3 is 2.28 bits per heavy atom. The molecular formula is C20H14BrClO3. The summed E-state index contributed by atoms with van der Waals surface area (Å²) in [5, 5.41) is 0.584. The van der Waals surface area contributed by atoms with Crippen molar-refractivity contribution in [1.82, 2.24) is 0 Å². The molecule has 0 radical (unpaired) electrons. The first-order chi connectivity index (χ1) is 12.1. The summed E-state index contributed by atoms with van der Waals surface area (Å²) in [6.45, 7) is -0.194. The van der Waals surface area contributed by atoms with Crippen molar-refractivity contribution in [3.63, 3.8) is 0 Å². The SMILES string of the molecule is O=C(COc1ccc(Cl)cc1Br)Oc1ccc(-c2ccccc2)cc1. The molecule has 0 aliphatic heterocycles. The number of halogens is 2. The van der Waals surface area contributed by atoms with Crippen LogP contribution in [0.1, 0.15) is 0 Å². The lowest BCUT2D eigenvalue weighted by molar-refractivity contribution is -0.136. The van der Waals surface area contributed by atoms with Gasteiger partial charge in [0.25, 0.3) is 0 Å². The van der Waals surface area contributed by atoms with E-state index in [4.69, 9.17) is 21.1 Å². The molecule has 3 nitrogen and oxygen atoms in total. The van der Waals surface area contributed by atoms with Crippen LogP contribution in [0.4, 0.5) is 0 Å². The van der Waals surface area contributed by atoms with Gasteiger partial charge in [0.15, 0.2) is 6.61 Å². The Balaban J connectivity index is 1.57. The molecule has 25 heavy (non-hydrogen) atoms. The minimum Gasteiger partial charge on any atom is -0.481 e. The summed E-state index contributed by atoms with van der Waals surface area (Å²) in [7, 11) is 0. The van der Waals surface area contributed by atoms with E-state index in [-0.39, 0.29) is 6.61 Å². The summed E-state index contributed by atoms with van der Waals surface area (Å²) in [4.78, 5) is 11.9. The van der Waals surface area contributed by atoms with Crippen LogP contribution in [0.2, 0.25) is 5.02 Å². The predicted octanol–water partition coefficient (Wildman–Crippen LogP) is 5.75. The fraction of sp³-hybridized carbons (Fsp3) is 0.0500. The largest absolute Gasteiger partial charge is 0.481 e. The quantitative estimate of drug-likeness (QED) is 0.391. The first kappa shape index (κ1) is 17.5. The zero-order chi connectivity index (χ0) is 17.6. The highest BCUT2D eigenvalue weighted by Gasteiger charge is 2.09. The van der Waals surface area contributed by atoms with Crippen LogP contribution in [0, 0.1) is 0 Å². The number of carbonyl (C=O) groups is 1. The van der Waals surface area contributed by atoms with Gasteiger partial charge in [-0.3, -0.25) is 0 Å². The zero-order valence-electron chi connectivity index (χ0n) is 13.1. The van der Waals surface area contributed by atoms with Crippen LogP contribution < -0.4 is 9.47 Å². The average Bonchev–Trinajstić information content (AvgIpc) is 2.62. The number of ether oxygens (including phenoxy) is 2. The minimum atomic E-state index is -0.477. The molecule has 0 saturated heterocycles. The summed E-state index contributed by atoms with van der Waals surface area (Å²) in [6.07, 6.45) is 0. The van der Waals surface area contributed by atoms with Crippen molar-refractivity contribution in [3.05, 3.63) is 82.3 Å². The van der Waals surface area contributed by atoms with Gasteiger partial charge in [-0.05, 0) is 57.4 Å². The highest BCUT2D eigenvalue weighted by Crippen LogP contribution is 2.28. The number of benzene rings is 3. The molecule has 3 rings (SSSR count). The molecule has 126 valence electrons. The maximum Gasteiger partial charge on any atom is 0.349 e. The topological polar surface area (TPSA) is 35.5 Å². The van der Waals surface area contributed by atoms with Gasteiger partial charge in [-0.25, -0.2) is 4.79 Å². The van der Waals surface area contributed by atoms with Gasteiger partial charge in [0.05, 0.1) is 4.47 Å². The van der Waals surface area contributed by atoms with Crippen LogP contribution in [-0.2, 0) is 4.79 Å². The van der Waals surface area contributed by atoms with E-state index >= 15 is 0 Å². The van der Waals surface area contributed by atoms with Crippen molar-refractivity contribution in [1.29, 1.82) is 0 Å². The van der Waals surface area contributed by atoms with Gasteiger partial charge in [0.2, 0.25) is 0 Å². The van der Waals surface area contributed by atoms with Crippen LogP contribution in [0.15, 0.2) is 77.3 Å². The highest BCUT2D eigenvalue weighted by molar-refractivity contribution is 9.10. The molecule has 0 fully saturated rings. The average molecular weight is 418 g/mol. The molecule has 0 aliphatic carbocycles. The summed E-state index contributed by atoms with van der Waals surface area (Å²) < 4.78 is 11.4. The molecular weight excluding hydrogens is 404 g/mol. The van der Waals surface area contributed by atoms with Crippen LogP contribution >= 0.6 is 27.5 Å². The normalized spacial score (nSPS) is 10.3. The Labute approximate surface area is 159 Å². The van der Waals surface area contributed by atoms with E-state index in [0.717, 1.165) is 11.1 Å².